The Bertz CT molecular complexity index is 166. The summed E-state index contributed by atoms with van der Waals surface area (Å²) in [5.41, 5.74) is 7.28. The number of carbonyl (C=O) groups is 1. The normalized spacial score (nSPS) is 9.70. The minimum absolute atomic E-state index is 0.0557. The molecule has 5 heteroatoms. The second-order valence-corrected chi connectivity index (χ2v) is 1.99. The van der Waals surface area contributed by atoms with Crippen LogP contribution in [-0.4, -0.2) is 17.1 Å². The lowest BCUT2D eigenvalue weighted by Crippen LogP contribution is -2.24. The first-order valence-electron chi connectivity index (χ1n) is 2.78. The molecular weight excluding hydrogens is 150 g/mol. The van der Waals surface area contributed by atoms with Gasteiger partial charge < -0.3 is 5.73 Å². The van der Waals surface area contributed by atoms with Crippen LogP contribution >= 0.6 is 12.2 Å². The van der Waals surface area contributed by atoms with Gasteiger partial charge in [-0.2, -0.15) is 5.10 Å². The predicted octanol–water partition coefficient (Wildman–Crippen LogP) is -0.215. The number of ketones is 1. The quantitative estimate of drug-likeness (QED) is 0.339. The minimum atomic E-state index is -0.0660. The van der Waals surface area contributed by atoms with E-state index < -0.39 is 0 Å². The Hall–Kier alpha value is -0.970. The fraction of sp³-hybridized carbons (Fsp3) is 0.400. The molecule has 0 saturated carbocycles. The number of nitrogens with one attached hydrogen (secondary N) is 1. The van der Waals surface area contributed by atoms with Gasteiger partial charge in [0.05, 0.1) is 6.21 Å². The summed E-state index contributed by atoms with van der Waals surface area (Å²) in [4.78, 5) is 10.5. The summed E-state index contributed by atoms with van der Waals surface area (Å²) in [6, 6.07) is 0. The molecule has 0 saturated heterocycles. The van der Waals surface area contributed by atoms with Gasteiger partial charge in [-0.3, -0.25) is 10.2 Å². The van der Waals surface area contributed by atoms with Crippen molar-refractivity contribution < 1.29 is 4.79 Å². The molecule has 0 aromatic carbocycles. The first-order valence-corrected chi connectivity index (χ1v) is 3.19. The monoisotopic (exact) mass is 159 g/mol. The summed E-state index contributed by atoms with van der Waals surface area (Å²) in [5, 5.41) is 3.51. The van der Waals surface area contributed by atoms with E-state index in [0.29, 0.717) is 6.42 Å². The van der Waals surface area contributed by atoms with Crippen molar-refractivity contribution in [3.05, 3.63) is 0 Å². The van der Waals surface area contributed by atoms with Crippen molar-refractivity contribution in [3.63, 3.8) is 0 Å². The number of hydrogen-bond acceptors (Lipinski definition) is 3. The molecule has 0 rings (SSSR count). The van der Waals surface area contributed by atoms with Crippen LogP contribution in [0.5, 0.6) is 0 Å². The Morgan fingerprint density at radius 3 is 2.90 bits per heavy atom. The Labute approximate surface area is 64.5 Å². The van der Waals surface area contributed by atoms with E-state index in [0.717, 1.165) is 6.21 Å². The highest BCUT2D eigenvalue weighted by molar-refractivity contribution is 7.80. The molecule has 0 amide bonds. The number of rotatable bonds is 3. The van der Waals surface area contributed by atoms with Crippen LogP contribution in [0.4, 0.5) is 0 Å². The van der Waals surface area contributed by atoms with Crippen LogP contribution in [0.3, 0.4) is 0 Å². The van der Waals surface area contributed by atoms with Crippen LogP contribution in [-0.2, 0) is 4.79 Å². The van der Waals surface area contributed by atoms with E-state index in [1.165, 1.54) is 0 Å². The van der Waals surface area contributed by atoms with Gasteiger partial charge in [0.1, 0.15) is 0 Å². The molecule has 3 N–H and O–H groups in total. The average Bonchev–Trinajstić information content (AvgIpc) is 1.87. The van der Waals surface area contributed by atoms with E-state index >= 15 is 0 Å². The Morgan fingerprint density at radius 1 is 1.90 bits per heavy atom. The van der Waals surface area contributed by atoms with Crippen LogP contribution < -0.4 is 11.2 Å². The van der Waals surface area contributed by atoms with E-state index in [-0.39, 0.29) is 10.9 Å². The Balaban J connectivity index is 3.56. The highest BCUT2D eigenvalue weighted by atomic mass is 32.1. The maximum atomic E-state index is 10.5. The van der Waals surface area contributed by atoms with E-state index in [1.807, 2.05) is 0 Å². The number of Topliss-reactive ketones (excluding diaryl/α,β-unsaturated/α-hetero) is 1. The molecule has 0 unspecified atom stereocenters. The molecule has 4 nitrogen and oxygen atoms in total. The molecule has 0 aliphatic carbocycles. The van der Waals surface area contributed by atoms with Gasteiger partial charge in [-0.05, 0) is 12.2 Å². The summed E-state index contributed by atoms with van der Waals surface area (Å²) in [7, 11) is 0. The van der Waals surface area contributed by atoms with E-state index in [4.69, 9.17) is 5.73 Å². The zero-order valence-corrected chi connectivity index (χ0v) is 6.44. The van der Waals surface area contributed by atoms with Crippen LogP contribution in [0.1, 0.15) is 13.3 Å². The van der Waals surface area contributed by atoms with Gasteiger partial charge >= 0.3 is 0 Å². The summed E-state index contributed by atoms with van der Waals surface area (Å²) in [5.74, 6) is -0.0660. The van der Waals surface area contributed by atoms with Crippen LogP contribution in [0, 0.1) is 0 Å². The predicted molar refractivity (Wildman–Crippen MR) is 43.7 cm³/mol. The van der Waals surface area contributed by atoms with Crippen molar-refractivity contribution in [2.45, 2.75) is 13.3 Å². The zero-order valence-electron chi connectivity index (χ0n) is 5.63. The molecule has 0 fully saturated rings. The average molecular weight is 159 g/mol. The lowest BCUT2D eigenvalue weighted by atomic mass is 10.3. The maximum Gasteiger partial charge on any atom is 0.184 e. The number of carbonyl (C=O) groups excluding carboxylic acids is 1. The second kappa shape index (κ2) is 4.87. The van der Waals surface area contributed by atoms with Crippen molar-refractivity contribution >= 4 is 29.3 Å². The Morgan fingerprint density at radius 2 is 2.50 bits per heavy atom. The van der Waals surface area contributed by atoms with Crippen molar-refractivity contribution in [2.24, 2.45) is 10.8 Å². The molecule has 0 spiro atoms. The minimum Gasteiger partial charge on any atom is -0.375 e. The van der Waals surface area contributed by atoms with Gasteiger partial charge in [0.25, 0.3) is 0 Å². The molecule has 56 valence electrons. The van der Waals surface area contributed by atoms with Crippen LogP contribution in [0.2, 0.25) is 0 Å². The molecule has 0 radical (unpaired) electrons. The third-order valence-corrected chi connectivity index (χ3v) is 0.823. The van der Waals surface area contributed by atoms with Gasteiger partial charge in [-0.15, -0.1) is 0 Å². The summed E-state index contributed by atoms with van der Waals surface area (Å²) >= 11 is 4.43. The van der Waals surface area contributed by atoms with Gasteiger partial charge in [0, 0.05) is 6.42 Å². The standard InChI is InChI=1S/C5H9N3OS/c1-2-4(9)3-7-8-5(6)10/h3H,2H2,1H3,(H3,6,8,10)/b7-3+. The van der Waals surface area contributed by atoms with Gasteiger partial charge in [0.2, 0.25) is 0 Å². The van der Waals surface area contributed by atoms with E-state index in [9.17, 15) is 4.79 Å². The first-order chi connectivity index (χ1) is 4.66. The topological polar surface area (TPSA) is 67.5 Å². The van der Waals surface area contributed by atoms with Crippen molar-refractivity contribution in [1.82, 2.24) is 5.43 Å². The number of nitrogens with zero attached hydrogens (tertiary/aromatic N) is 1. The van der Waals surface area contributed by atoms with Crippen LogP contribution in [0.15, 0.2) is 5.10 Å². The maximum absolute atomic E-state index is 10.5. The third kappa shape index (κ3) is 5.17. The molecule has 0 bridgehead atoms. The number of hydrazone groups is 1. The highest BCUT2D eigenvalue weighted by Crippen LogP contribution is 1.73. The lowest BCUT2D eigenvalue weighted by molar-refractivity contribution is -0.112. The number of nitrogens with two attached hydrogens (primary N) is 1. The molecule has 0 aliphatic rings. The van der Waals surface area contributed by atoms with Crippen molar-refractivity contribution in [3.8, 4) is 0 Å². The highest BCUT2D eigenvalue weighted by Gasteiger charge is 1.88. The SMILES string of the molecule is CCC(=O)/C=N/NC(N)=S. The molecule has 0 aromatic rings. The molecule has 0 heterocycles. The molecule has 0 atom stereocenters. The molecule has 10 heavy (non-hydrogen) atoms. The summed E-state index contributed by atoms with van der Waals surface area (Å²) in [6.07, 6.45) is 1.58. The number of thiocarbonyl (C=S) groups is 1. The molecule has 0 aliphatic heterocycles. The van der Waals surface area contributed by atoms with Gasteiger partial charge in [0.15, 0.2) is 10.9 Å². The summed E-state index contributed by atoms with van der Waals surface area (Å²) < 4.78 is 0. The number of hydrogen-bond donors (Lipinski definition) is 2. The molecule has 0 aromatic heterocycles. The Kier molecular flexibility index (Phi) is 4.39. The zero-order chi connectivity index (χ0) is 7.98. The smallest absolute Gasteiger partial charge is 0.184 e. The van der Waals surface area contributed by atoms with E-state index in [2.05, 4.69) is 22.7 Å². The lowest BCUT2D eigenvalue weighted by Gasteiger charge is -1.91. The second-order valence-electron chi connectivity index (χ2n) is 1.55. The van der Waals surface area contributed by atoms with Gasteiger partial charge in [-0.1, -0.05) is 6.92 Å². The fourth-order valence-corrected chi connectivity index (χ4v) is 0.312. The van der Waals surface area contributed by atoms with Gasteiger partial charge in [-0.25, -0.2) is 0 Å². The fourth-order valence-electron chi connectivity index (χ4n) is 0.259. The van der Waals surface area contributed by atoms with E-state index in [1.54, 1.807) is 6.92 Å². The molecular formula is C5H9N3OS. The van der Waals surface area contributed by atoms with Crippen LogP contribution in [0.25, 0.3) is 0 Å². The summed E-state index contributed by atoms with van der Waals surface area (Å²) in [6.45, 7) is 1.75. The largest absolute Gasteiger partial charge is 0.375 e. The van der Waals surface area contributed by atoms with Crippen molar-refractivity contribution in [1.29, 1.82) is 0 Å². The third-order valence-electron chi connectivity index (χ3n) is 0.732. The van der Waals surface area contributed by atoms with Crippen molar-refractivity contribution in [2.75, 3.05) is 0 Å². The first kappa shape index (κ1) is 9.03.